The van der Waals surface area contributed by atoms with Crippen LogP contribution >= 0.6 is 0 Å². The van der Waals surface area contributed by atoms with E-state index in [9.17, 15) is 18.0 Å². The van der Waals surface area contributed by atoms with Gasteiger partial charge in [-0.05, 0) is 13.3 Å². The molecule has 0 atom stereocenters. The van der Waals surface area contributed by atoms with E-state index in [1.165, 1.54) is 4.90 Å². The lowest BCUT2D eigenvalue weighted by molar-refractivity contribution is -0.159. The number of carbonyl (C=O) groups excluding carboxylic acids is 1. The lowest BCUT2D eigenvalue weighted by Gasteiger charge is -2.46. The quantitative estimate of drug-likeness (QED) is 0.492. The molecule has 1 aliphatic rings. The number of primary sulfonamides is 1. The Kier molecular flexibility index (Phi) is 5.31. The molecule has 10 heteroatoms. The average molecular weight is 309 g/mol. The number of carboxylic acid groups (broad SMARTS) is 1. The summed E-state index contributed by atoms with van der Waals surface area (Å²) in [5.41, 5.74) is -0.643. The van der Waals surface area contributed by atoms with Crippen LogP contribution in [-0.2, 0) is 19.6 Å². The number of aliphatic carboxylic acids is 1. The van der Waals surface area contributed by atoms with Gasteiger partial charge in [0.05, 0.1) is 18.8 Å². The minimum atomic E-state index is -3.51. The van der Waals surface area contributed by atoms with Crippen molar-refractivity contribution in [3.05, 3.63) is 0 Å². The van der Waals surface area contributed by atoms with Crippen LogP contribution in [0.25, 0.3) is 0 Å². The monoisotopic (exact) mass is 309 g/mol. The van der Waals surface area contributed by atoms with E-state index in [0.29, 0.717) is 13.1 Å². The molecule has 20 heavy (non-hydrogen) atoms. The predicted molar refractivity (Wildman–Crippen MR) is 69.6 cm³/mol. The molecule has 0 saturated carbocycles. The molecule has 9 nitrogen and oxygen atoms in total. The van der Waals surface area contributed by atoms with E-state index in [0.717, 1.165) is 0 Å². The normalized spacial score (nSPS) is 17.4. The zero-order chi connectivity index (χ0) is 15.4. The Bertz CT molecular complexity index is 471. The second-order valence-electron chi connectivity index (χ2n) is 4.94. The zero-order valence-electron chi connectivity index (χ0n) is 11.2. The Balaban J connectivity index is 2.19. The molecule has 1 saturated heterocycles. The molecule has 0 aromatic heterocycles. The van der Waals surface area contributed by atoms with Crippen LogP contribution in [0.15, 0.2) is 0 Å². The van der Waals surface area contributed by atoms with Crippen LogP contribution in [0, 0.1) is 0 Å². The molecular weight excluding hydrogens is 290 g/mol. The van der Waals surface area contributed by atoms with Crippen molar-refractivity contribution in [2.75, 3.05) is 32.0 Å². The van der Waals surface area contributed by atoms with Crippen LogP contribution in [0.1, 0.15) is 13.3 Å². The number of urea groups is 1. The Morgan fingerprint density at radius 1 is 1.45 bits per heavy atom. The van der Waals surface area contributed by atoms with Gasteiger partial charge in [0, 0.05) is 6.54 Å². The first-order chi connectivity index (χ1) is 9.11. The van der Waals surface area contributed by atoms with Crippen molar-refractivity contribution in [1.82, 2.24) is 10.2 Å². The maximum atomic E-state index is 11.6. The number of nitrogens with two attached hydrogens (primary N) is 1. The van der Waals surface area contributed by atoms with Gasteiger partial charge < -0.3 is 20.1 Å². The molecule has 4 N–H and O–H groups in total. The molecule has 0 aromatic rings. The largest absolute Gasteiger partial charge is 0.480 e. The second-order valence-corrected chi connectivity index (χ2v) is 6.67. The molecule has 1 heterocycles. The molecule has 1 aliphatic heterocycles. The first-order valence-electron chi connectivity index (χ1n) is 6.00. The van der Waals surface area contributed by atoms with Crippen LogP contribution in [0.3, 0.4) is 0 Å². The molecule has 0 unspecified atom stereocenters. The number of nitrogens with zero attached hydrogens (tertiary/aromatic N) is 1. The van der Waals surface area contributed by atoms with E-state index < -0.39 is 28.2 Å². The van der Waals surface area contributed by atoms with Crippen molar-refractivity contribution in [2.24, 2.45) is 5.14 Å². The highest BCUT2D eigenvalue weighted by Crippen LogP contribution is 2.24. The summed E-state index contributed by atoms with van der Waals surface area (Å²) in [6, 6.07) is -0.337. The minimum absolute atomic E-state index is 0.188. The van der Waals surface area contributed by atoms with Gasteiger partial charge in [-0.1, -0.05) is 0 Å². The van der Waals surface area contributed by atoms with Gasteiger partial charge in [0.15, 0.2) is 0 Å². The van der Waals surface area contributed by atoms with Gasteiger partial charge in [-0.3, -0.25) is 0 Å². The van der Waals surface area contributed by atoms with E-state index >= 15 is 0 Å². The third-order valence-electron chi connectivity index (χ3n) is 2.76. The highest BCUT2D eigenvalue weighted by atomic mass is 32.2. The third kappa shape index (κ3) is 5.72. The molecule has 0 spiro atoms. The van der Waals surface area contributed by atoms with Crippen molar-refractivity contribution >= 4 is 22.0 Å². The minimum Gasteiger partial charge on any atom is -0.480 e. The van der Waals surface area contributed by atoms with Crippen molar-refractivity contribution in [3.8, 4) is 0 Å². The molecule has 116 valence electrons. The molecule has 1 rings (SSSR count). The van der Waals surface area contributed by atoms with Crippen LogP contribution in [0.4, 0.5) is 4.79 Å². The van der Waals surface area contributed by atoms with Gasteiger partial charge in [-0.25, -0.2) is 23.1 Å². The van der Waals surface area contributed by atoms with Crippen molar-refractivity contribution in [1.29, 1.82) is 0 Å². The fourth-order valence-electron chi connectivity index (χ4n) is 1.81. The highest BCUT2D eigenvalue weighted by Gasteiger charge is 2.42. The standard InChI is InChI=1S/C10H19N3O6S/c1-10(19-5-8(14)15)6-13(7-10)9(16)12-3-2-4-20(11,17)18/h2-7H2,1H3,(H,12,16)(H,14,15)(H2,11,17,18). The van der Waals surface area contributed by atoms with Crippen LogP contribution in [-0.4, -0.2) is 68.0 Å². The number of rotatable bonds is 7. The van der Waals surface area contributed by atoms with Crippen molar-refractivity contribution in [2.45, 2.75) is 18.9 Å². The third-order valence-corrected chi connectivity index (χ3v) is 3.62. The Hall–Kier alpha value is -1.39. The van der Waals surface area contributed by atoms with Crippen molar-refractivity contribution < 1.29 is 27.9 Å². The highest BCUT2D eigenvalue weighted by molar-refractivity contribution is 7.89. The number of carbonyl (C=O) groups is 2. The summed E-state index contributed by atoms with van der Waals surface area (Å²) < 4.78 is 26.5. The number of likely N-dealkylation sites (tertiary alicyclic amines) is 1. The van der Waals surface area contributed by atoms with E-state index in [2.05, 4.69) is 5.32 Å². The summed E-state index contributed by atoms with van der Waals surface area (Å²) in [5.74, 6) is -1.25. The fraction of sp³-hybridized carbons (Fsp3) is 0.800. The molecule has 0 aliphatic carbocycles. The Labute approximate surface area is 117 Å². The van der Waals surface area contributed by atoms with Gasteiger partial charge in [0.1, 0.15) is 12.2 Å². The lowest BCUT2D eigenvalue weighted by atomic mass is 9.97. The number of carboxylic acids is 1. The number of sulfonamides is 1. The summed E-state index contributed by atoms with van der Waals surface area (Å²) >= 11 is 0. The molecule has 0 radical (unpaired) electrons. The topological polar surface area (TPSA) is 139 Å². The summed E-state index contributed by atoms with van der Waals surface area (Å²) in [6.07, 6.45) is 0.241. The second kappa shape index (κ2) is 6.37. The van der Waals surface area contributed by atoms with E-state index in [-0.39, 0.29) is 24.7 Å². The number of nitrogens with one attached hydrogen (secondary N) is 1. The SMILES string of the molecule is CC1(OCC(=O)O)CN(C(=O)NCCCS(N)(=O)=O)C1. The summed E-state index contributed by atoms with van der Waals surface area (Å²) in [7, 11) is -3.51. The van der Waals surface area contributed by atoms with E-state index in [1.807, 2.05) is 0 Å². The van der Waals surface area contributed by atoms with Crippen LogP contribution in [0.5, 0.6) is 0 Å². The predicted octanol–water partition coefficient (Wildman–Crippen LogP) is -1.45. The fourth-order valence-corrected chi connectivity index (χ4v) is 2.36. The molecule has 1 fully saturated rings. The Morgan fingerprint density at radius 2 is 2.05 bits per heavy atom. The maximum Gasteiger partial charge on any atom is 0.329 e. The molecule has 0 bridgehead atoms. The van der Waals surface area contributed by atoms with E-state index in [1.54, 1.807) is 6.92 Å². The van der Waals surface area contributed by atoms with Gasteiger partial charge in [-0.2, -0.15) is 0 Å². The lowest BCUT2D eigenvalue weighted by Crippen LogP contribution is -2.65. The summed E-state index contributed by atoms with van der Waals surface area (Å²) in [4.78, 5) is 23.5. The first kappa shape index (κ1) is 16.7. The number of hydrogen-bond donors (Lipinski definition) is 3. The van der Waals surface area contributed by atoms with Crippen LogP contribution in [0.2, 0.25) is 0 Å². The van der Waals surface area contributed by atoms with Gasteiger partial charge >= 0.3 is 12.0 Å². The van der Waals surface area contributed by atoms with Gasteiger partial charge in [-0.15, -0.1) is 0 Å². The van der Waals surface area contributed by atoms with Crippen molar-refractivity contribution in [3.63, 3.8) is 0 Å². The van der Waals surface area contributed by atoms with Gasteiger partial charge in [0.2, 0.25) is 10.0 Å². The number of amides is 2. The molecule has 2 amide bonds. The first-order valence-corrected chi connectivity index (χ1v) is 7.72. The molecule has 0 aromatic carbocycles. The van der Waals surface area contributed by atoms with Gasteiger partial charge in [0.25, 0.3) is 0 Å². The number of ether oxygens (including phenoxy) is 1. The average Bonchev–Trinajstić information content (AvgIpc) is 2.27. The number of hydrogen-bond acceptors (Lipinski definition) is 5. The summed E-state index contributed by atoms with van der Waals surface area (Å²) in [6.45, 7) is 2.11. The Morgan fingerprint density at radius 3 is 2.55 bits per heavy atom. The van der Waals surface area contributed by atoms with E-state index in [4.69, 9.17) is 15.0 Å². The maximum absolute atomic E-state index is 11.6. The zero-order valence-corrected chi connectivity index (χ0v) is 12.0. The summed E-state index contributed by atoms with van der Waals surface area (Å²) in [5, 5.41) is 15.9. The van der Waals surface area contributed by atoms with Crippen LogP contribution < -0.4 is 10.5 Å². The molecular formula is C10H19N3O6S. The smallest absolute Gasteiger partial charge is 0.329 e.